The molecule has 0 bridgehead atoms. The molecule has 1 unspecified atom stereocenters. The summed E-state index contributed by atoms with van der Waals surface area (Å²) in [6.45, 7) is 0. The van der Waals surface area contributed by atoms with Crippen molar-refractivity contribution in [2.45, 2.75) is 17.4 Å². The molecular formula is C14H12ClNOS2. The first kappa shape index (κ1) is 13.0. The minimum absolute atomic E-state index is 0.00201. The van der Waals surface area contributed by atoms with Gasteiger partial charge in [0.1, 0.15) is 0 Å². The molecule has 0 saturated carbocycles. The highest BCUT2D eigenvalue weighted by molar-refractivity contribution is 7.99. The molecule has 1 amide bonds. The topological polar surface area (TPSA) is 29.1 Å². The Morgan fingerprint density at radius 3 is 3.05 bits per heavy atom. The van der Waals surface area contributed by atoms with Crippen LogP contribution in [0.3, 0.4) is 0 Å². The number of hydrogen-bond donors (Lipinski definition) is 1. The van der Waals surface area contributed by atoms with Crippen LogP contribution < -0.4 is 5.32 Å². The average Bonchev–Trinajstić information content (AvgIpc) is 2.93. The van der Waals surface area contributed by atoms with Gasteiger partial charge in [0.25, 0.3) is 5.91 Å². The number of thioether (sulfide) groups is 1. The molecule has 1 aliphatic rings. The number of fused-ring (bicyclic) bond motifs is 1. The molecule has 0 fully saturated rings. The number of thiophene rings is 1. The fraction of sp³-hybridized carbons (Fsp3) is 0.214. The quantitative estimate of drug-likeness (QED) is 0.892. The Hall–Kier alpha value is -0.970. The van der Waals surface area contributed by atoms with E-state index in [-0.39, 0.29) is 11.9 Å². The van der Waals surface area contributed by atoms with E-state index in [9.17, 15) is 4.79 Å². The SMILES string of the molecule is O=C(NC1CCSc2ccc(Cl)cc21)c1cccs1. The maximum Gasteiger partial charge on any atom is 0.261 e. The highest BCUT2D eigenvalue weighted by Gasteiger charge is 2.23. The van der Waals surface area contributed by atoms with Crippen molar-refractivity contribution in [3.63, 3.8) is 0 Å². The van der Waals surface area contributed by atoms with Crippen molar-refractivity contribution in [2.24, 2.45) is 0 Å². The number of nitrogens with one attached hydrogen (secondary N) is 1. The van der Waals surface area contributed by atoms with Crippen LogP contribution in [0.25, 0.3) is 0 Å². The van der Waals surface area contributed by atoms with Crippen LogP contribution in [0, 0.1) is 0 Å². The zero-order chi connectivity index (χ0) is 13.2. The van der Waals surface area contributed by atoms with Gasteiger partial charge >= 0.3 is 0 Å². The zero-order valence-electron chi connectivity index (χ0n) is 10.1. The Morgan fingerprint density at radius 1 is 1.37 bits per heavy atom. The van der Waals surface area contributed by atoms with E-state index in [4.69, 9.17) is 11.6 Å². The van der Waals surface area contributed by atoms with E-state index < -0.39 is 0 Å². The molecule has 19 heavy (non-hydrogen) atoms. The van der Waals surface area contributed by atoms with E-state index in [1.54, 1.807) is 0 Å². The highest BCUT2D eigenvalue weighted by atomic mass is 35.5. The van der Waals surface area contributed by atoms with Crippen LogP contribution in [0.15, 0.2) is 40.6 Å². The third-order valence-electron chi connectivity index (χ3n) is 3.06. The van der Waals surface area contributed by atoms with E-state index in [1.165, 1.54) is 16.2 Å². The zero-order valence-corrected chi connectivity index (χ0v) is 12.4. The standard InChI is InChI=1S/C14H12ClNOS2/c15-9-3-4-12-10(8-9)11(5-7-19-12)16-14(17)13-2-1-6-18-13/h1-4,6,8,11H,5,7H2,(H,16,17). The maximum atomic E-state index is 12.1. The van der Waals surface area contributed by atoms with Crippen molar-refractivity contribution < 1.29 is 4.79 Å². The van der Waals surface area contributed by atoms with Crippen molar-refractivity contribution in [3.8, 4) is 0 Å². The van der Waals surface area contributed by atoms with E-state index in [0.717, 1.165) is 27.6 Å². The summed E-state index contributed by atoms with van der Waals surface area (Å²) in [6, 6.07) is 9.69. The molecule has 2 nitrogen and oxygen atoms in total. The molecule has 0 radical (unpaired) electrons. The number of hydrogen-bond acceptors (Lipinski definition) is 3. The Bertz CT molecular complexity index is 597. The van der Waals surface area contributed by atoms with Crippen molar-refractivity contribution >= 4 is 40.6 Å². The summed E-state index contributed by atoms with van der Waals surface area (Å²) in [6.07, 6.45) is 0.940. The van der Waals surface area contributed by atoms with Gasteiger partial charge in [-0.3, -0.25) is 4.79 Å². The number of rotatable bonds is 2. The average molecular weight is 310 g/mol. The predicted molar refractivity (Wildman–Crippen MR) is 81.3 cm³/mol. The van der Waals surface area contributed by atoms with Gasteiger partial charge in [-0.1, -0.05) is 17.7 Å². The van der Waals surface area contributed by atoms with Gasteiger partial charge in [-0.15, -0.1) is 23.1 Å². The molecular weight excluding hydrogens is 298 g/mol. The highest BCUT2D eigenvalue weighted by Crippen LogP contribution is 2.37. The molecule has 0 aliphatic carbocycles. The second kappa shape index (κ2) is 5.57. The monoisotopic (exact) mass is 309 g/mol. The lowest BCUT2D eigenvalue weighted by molar-refractivity contribution is 0.0939. The van der Waals surface area contributed by atoms with E-state index >= 15 is 0 Å². The molecule has 1 atom stereocenters. The molecule has 2 heterocycles. The summed E-state index contributed by atoms with van der Waals surface area (Å²) in [5, 5.41) is 5.74. The molecule has 1 aromatic carbocycles. The molecule has 1 N–H and O–H groups in total. The van der Waals surface area contributed by atoms with Crippen LogP contribution >= 0.6 is 34.7 Å². The van der Waals surface area contributed by atoms with Crippen LogP contribution in [0.2, 0.25) is 5.02 Å². The molecule has 3 rings (SSSR count). The third-order valence-corrected chi connectivity index (χ3v) is 5.29. The molecule has 5 heteroatoms. The lowest BCUT2D eigenvalue weighted by atomic mass is 10.0. The molecule has 0 saturated heterocycles. The van der Waals surface area contributed by atoms with Gasteiger partial charge in [0.2, 0.25) is 0 Å². The Kier molecular flexibility index (Phi) is 3.82. The van der Waals surface area contributed by atoms with Crippen molar-refractivity contribution in [2.75, 3.05) is 5.75 Å². The van der Waals surface area contributed by atoms with Crippen LogP contribution in [0.4, 0.5) is 0 Å². The van der Waals surface area contributed by atoms with Gasteiger partial charge in [-0.05, 0) is 41.6 Å². The van der Waals surface area contributed by atoms with Gasteiger partial charge in [0.05, 0.1) is 10.9 Å². The van der Waals surface area contributed by atoms with Crippen LogP contribution in [0.1, 0.15) is 27.7 Å². The van der Waals surface area contributed by atoms with E-state index in [2.05, 4.69) is 5.32 Å². The fourth-order valence-electron chi connectivity index (χ4n) is 2.15. The van der Waals surface area contributed by atoms with Gasteiger partial charge in [-0.25, -0.2) is 0 Å². The van der Waals surface area contributed by atoms with Crippen molar-refractivity contribution in [3.05, 3.63) is 51.2 Å². The second-order valence-corrected chi connectivity index (χ2v) is 6.84. The molecule has 1 aliphatic heterocycles. The van der Waals surface area contributed by atoms with Gasteiger partial charge < -0.3 is 5.32 Å². The second-order valence-electron chi connectivity index (χ2n) is 4.32. The summed E-state index contributed by atoms with van der Waals surface area (Å²) < 4.78 is 0. The van der Waals surface area contributed by atoms with E-state index in [0.29, 0.717) is 0 Å². The minimum Gasteiger partial charge on any atom is -0.344 e. The molecule has 0 spiro atoms. The maximum absolute atomic E-state index is 12.1. The lowest BCUT2D eigenvalue weighted by Crippen LogP contribution is -2.30. The smallest absolute Gasteiger partial charge is 0.261 e. The van der Waals surface area contributed by atoms with Crippen LogP contribution in [0.5, 0.6) is 0 Å². The first-order valence-electron chi connectivity index (χ1n) is 6.00. The molecule has 2 aromatic rings. The summed E-state index contributed by atoms with van der Waals surface area (Å²) in [5.74, 6) is 1.02. The van der Waals surface area contributed by atoms with Gasteiger partial charge in [0, 0.05) is 15.7 Å². The summed E-state index contributed by atoms with van der Waals surface area (Å²) in [7, 11) is 0. The van der Waals surface area contributed by atoms with E-state index in [1.807, 2.05) is 47.5 Å². The number of carbonyl (C=O) groups excluding carboxylic acids is 1. The molecule has 1 aromatic heterocycles. The van der Waals surface area contributed by atoms with Crippen LogP contribution in [-0.2, 0) is 0 Å². The predicted octanol–water partition coefficient (Wildman–Crippen LogP) is 4.37. The van der Waals surface area contributed by atoms with Gasteiger partial charge in [0.15, 0.2) is 0 Å². The number of benzene rings is 1. The van der Waals surface area contributed by atoms with Crippen molar-refractivity contribution in [1.82, 2.24) is 5.32 Å². The minimum atomic E-state index is -0.00201. The van der Waals surface area contributed by atoms with Gasteiger partial charge in [-0.2, -0.15) is 0 Å². The third kappa shape index (κ3) is 2.81. The fourth-order valence-corrected chi connectivity index (χ4v) is 4.07. The molecule has 98 valence electrons. The number of carbonyl (C=O) groups is 1. The Morgan fingerprint density at radius 2 is 2.26 bits per heavy atom. The van der Waals surface area contributed by atoms with Crippen LogP contribution in [-0.4, -0.2) is 11.7 Å². The summed E-state index contributed by atoms with van der Waals surface area (Å²) >= 11 is 9.34. The number of halogens is 1. The van der Waals surface area contributed by atoms with Crippen molar-refractivity contribution in [1.29, 1.82) is 0 Å². The number of amides is 1. The Labute approximate surface area is 125 Å². The largest absolute Gasteiger partial charge is 0.344 e. The Balaban J connectivity index is 1.84. The lowest BCUT2D eigenvalue weighted by Gasteiger charge is -2.26. The first-order valence-corrected chi connectivity index (χ1v) is 8.25. The summed E-state index contributed by atoms with van der Waals surface area (Å²) in [4.78, 5) is 14.1. The first-order chi connectivity index (χ1) is 9.24. The normalized spacial score (nSPS) is 17.8. The summed E-state index contributed by atoms with van der Waals surface area (Å²) in [5.41, 5.74) is 1.13.